The van der Waals surface area contributed by atoms with Gasteiger partial charge in [0.1, 0.15) is 5.82 Å². The number of fused-ring (bicyclic) bond motifs is 1. The van der Waals surface area contributed by atoms with Crippen LogP contribution in [0, 0.1) is 5.82 Å². The van der Waals surface area contributed by atoms with Crippen molar-refractivity contribution >= 4 is 33.3 Å². The monoisotopic (exact) mass is 369 g/mol. The lowest BCUT2D eigenvalue weighted by molar-refractivity contribution is 0.0697. The number of nitrogens with zero attached hydrogens (tertiary/aromatic N) is 1. The minimum atomic E-state index is -4.10. The Morgan fingerprint density at radius 3 is 2.71 bits per heavy atom. The van der Waals surface area contributed by atoms with Gasteiger partial charge in [0.15, 0.2) is 0 Å². The van der Waals surface area contributed by atoms with Crippen LogP contribution in [0.5, 0.6) is 0 Å². The second kappa shape index (κ2) is 6.07. The van der Waals surface area contributed by atoms with Crippen molar-refractivity contribution in [1.82, 2.24) is 0 Å². The fourth-order valence-electron chi connectivity index (χ4n) is 2.76. The maximum atomic E-state index is 14.2. The van der Waals surface area contributed by atoms with E-state index in [4.69, 9.17) is 16.7 Å². The number of carboxylic acids is 1. The number of hydrogen-bond acceptors (Lipinski definition) is 3. The van der Waals surface area contributed by atoms with Gasteiger partial charge in [-0.2, -0.15) is 0 Å². The van der Waals surface area contributed by atoms with Gasteiger partial charge in [-0.1, -0.05) is 23.7 Å². The van der Waals surface area contributed by atoms with E-state index in [-0.39, 0.29) is 27.7 Å². The lowest BCUT2D eigenvalue weighted by atomic mass is 10.0. The molecule has 0 spiro atoms. The predicted molar refractivity (Wildman–Crippen MR) is 87.7 cm³/mol. The lowest BCUT2D eigenvalue weighted by Crippen LogP contribution is -2.36. The maximum absolute atomic E-state index is 14.2. The zero-order chi connectivity index (χ0) is 17.5. The molecule has 2 aromatic rings. The Morgan fingerprint density at radius 1 is 1.25 bits per heavy atom. The molecule has 0 saturated carbocycles. The van der Waals surface area contributed by atoms with Gasteiger partial charge >= 0.3 is 5.97 Å². The Morgan fingerprint density at radius 2 is 2.00 bits per heavy atom. The van der Waals surface area contributed by atoms with Crippen molar-refractivity contribution in [2.45, 2.75) is 17.7 Å². The van der Waals surface area contributed by atoms with E-state index < -0.39 is 21.8 Å². The van der Waals surface area contributed by atoms with Crippen molar-refractivity contribution in [3.8, 4) is 0 Å². The third kappa shape index (κ3) is 2.74. The third-order valence-corrected chi connectivity index (χ3v) is 6.01. The second-order valence-electron chi connectivity index (χ2n) is 5.38. The average Bonchev–Trinajstić information content (AvgIpc) is 2.54. The summed E-state index contributed by atoms with van der Waals surface area (Å²) in [6.07, 6.45) is 1.13. The van der Waals surface area contributed by atoms with E-state index in [1.165, 1.54) is 24.3 Å². The van der Waals surface area contributed by atoms with Crippen molar-refractivity contribution in [2.24, 2.45) is 0 Å². The number of anilines is 1. The maximum Gasteiger partial charge on any atom is 0.337 e. The number of carboxylic acid groups (broad SMARTS) is 1. The fraction of sp³-hybridized carbons (Fsp3) is 0.188. The molecule has 8 heteroatoms. The van der Waals surface area contributed by atoms with Gasteiger partial charge in [0.25, 0.3) is 10.0 Å². The molecule has 24 heavy (non-hydrogen) atoms. The number of benzene rings is 2. The van der Waals surface area contributed by atoms with E-state index in [2.05, 4.69) is 0 Å². The summed E-state index contributed by atoms with van der Waals surface area (Å²) in [4.78, 5) is 10.9. The molecule has 1 heterocycles. The van der Waals surface area contributed by atoms with Gasteiger partial charge in [-0.05, 0) is 42.7 Å². The summed E-state index contributed by atoms with van der Waals surface area (Å²) >= 11 is 5.78. The Bertz CT molecular complexity index is 930. The van der Waals surface area contributed by atoms with Gasteiger partial charge in [0.2, 0.25) is 0 Å². The molecule has 0 bridgehead atoms. The highest BCUT2D eigenvalue weighted by Gasteiger charge is 2.32. The summed E-state index contributed by atoms with van der Waals surface area (Å²) in [5.74, 6) is -1.95. The average molecular weight is 370 g/mol. The van der Waals surface area contributed by atoms with Crippen LogP contribution in [-0.2, 0) is 16.4 Å². The standard InChI is InChI=1S/C16H13ClFNO4S/c17-13-7-6-11(9-12(13)16(20)21)24(22,23)19-8-2-4-10-3-1-5-14(18)15(10)19/h1,3,5-7,9H,2,4,8H2,(H,20,21). The van der Waals surface area contributed by atoms with Crippen LogP contribution in [0.25, 0.3) is 0 Å². The van der Waals surface area contributed by atoms with Crippen LogP contribution in [0.1, 0.15) is 22.3 Å². The SMILES string of the molecule is O=C(O)c1cc(S(=O)(=O)N2CCCc3cccc(F)c32)ccc1Cl. The molecule has 5 nitrogen and oxygen atoms in total. The topological polar surface area (TPSA) is 74.7 Å². The molecule has 2 aromatic carbocycles. The van der Waals surface area contributed by atoms with E-state index >= 15 is 0 Å². The molecule has 0 radical (unpaired) electrons. The molecule has 1 N–H and O–H groups in total. The highest BCUT2D eigenvalue weighted by atomic mass is 35.5. The van der Waals surface area contributed by atoms with E-state index in [1.807, 2.05) is 0 Å². The number of halogens is 2. The number of para-hydroxylation sites is 1. The number of rotatable bonds is 3. The number of sulfonamides is 1. The largest absolute Gasteiger partial charge is 0.478 e. The molecule has 0 unspecified atom stereocenters. The van der Waals surface area contributed by atoms with E-state index in [0.717, 1.165) is 10.4 Å². The summed E-state index contributed by atoms with van der Waals surface area (Å²) in [6.45, 7) is 0.126. The van der Waals surface area contributed by atoms with Crippen molar-refractivity contribution in [1.29, 1.82) is 0 Å². The number of carbonyl (C=O) groups is 1. The third-order valence-electron chi connectivity index (χ3n) is 3.88. The summed E-state index contributed by atoms with van der Waals surface area (Å²) in [5.41, 5.74) is 0.316. The quantitative estimate of drug-likeness (QED) is 0.900. The van der Waals surface area contributed by atoms with Crippen LogP contribution in [0.4, 0.5) is 10.1 Å². The highest BCUT2D eigenvalue weighted by Crippen LogP contribution is 2.34. The van der Waals surface area contributed by atoms with Crippen LogP contribution >= 0.6 is 11.6 Å². The second-order valence-corrected chi connectivity index (χ2v) is 7.64. The Labute approximate surface area is 143 Å². The normalized spacial score (nSPS) is 14.3. The van der Waals surface area contributed by atoms with Crippen molar-refractivity contribution in [3.63, 3.8) is 0 Å². The number of aromatic carboxylic acids is 1. The molecular weight excluding hydrogens is 357 g/mol. The number of hydrogen-bond donors (Lipinski definition) is 1. The molecule has 0 fully saturated rings. The van der Waals surface area contributed by atoms with Crippen LogP contribution in [0.2, 0.25) is 5.02 Å². The zero-order valence-corrected chi connectivity index (χ0v) is 13.9. The van der Waals surface area contributed by atoms with Crippen molar-refractivity contribution in [2.75, 3.05) is 10.8 Å². The molecule has 1 aliphatic rings. The zero-order valence-electron chi connectivity index (χ0n) is 12.4. The molecule has 1 aliphatic heterocycles. The molecule has 126 valence electrons. The van der Waals surface area contributed by atoms with E-state index in [1.54, 1.807) is 6.07 Å². The first-order chi connectivity index (χ1) is 11.3. The minimum absolute atomic E-state index is 0.0237. The first kappa shape index (κ1) is 16.7. The molecular formula is C16H13ClFNO4S. The van der Waals surface area contributed by atoms with Crippen molar-refractivity contribution in [3.05, 3.63) is 58.4 Å². The highest BCUT2D eigenvalue weighted by molar-refractivity contribution is 7.92. The molecule has 0 amide bonds. The molecule has 0 aromatic heterocycles. The van der Waals surface area contributed by atoms with Gasteiger partial charge in [0, 0.05) is 6.54 Å². The van der Waals surface area contributed by atoms with Gasteiger partial charge < -0.3 is 5.11 Å². The van der Waals surface area contributed by atoms with E-state index in [0.29, 0.717) is 18.4 Å². The molecule has 3 rings (SSSR count). The first-order valence-electron chi connectivity index (χ1n) is 7.15. The molecule has 0 atom stereocenters. The summed E-state index contributed by atoms with van der Waals surface area (Å²) in [7, 11) is -4.10. The summed E-state index contributed by atoms with van der Waals surface area (Å²) < 4.78 is 41.0. The fourth-order valence-corrected chi connectivity index (χ4v) is 4.54. The predicted octanol–water partition coefficient (Wildman–Crippen LogP) is 3.32. The number of aryl methyl sites for hydroxylation is 1. The Hall–Kier alpha value is -2.12. The Balaban J connectivity index is 2.14. The van der Waals surface area contributed by atoms with Gasteiger partial charge in [-0.25, -0.2) is 17.6 Å². The smallest absolute Gasteiger partial charge is 0.337 e. The minimum Gasteiger partial charge on any atom is -0.478 e. The van der Waals surface area contributed by atoms with Crippen LogP contribution in [0.15, 0.2) is 41.3 Å². The summed E-state index contributed by atoms with van der Waals surface area (Å²) in [6, 6.07) is 7.86. The first-order valence-corrected chi connectivity index (χ1v) is 8.97. The van der Waals surface area contributed by atoms with Crippen LogP contribution in [0.3, 0.4) is 0 Å². The Kier molecular flexibility index (Phi) is 4.23. The molecule has 0 aliphatic carbocycles. The lowest BCUT2D eigenvalue weighted by Gasteiger charge is -2.30. The molecule has 0 saturated heterocycles. The van der Waals surface area contributed by atoms with Crippen LogP contribution < -0.4 is 4.31 Å². The van der Waals surface area contributed by atoms with Gasteiger partial charge in [-0.15, -0.1) is 0 Å². The van der Waals surface area contributed by atoms with Crippen molar-refractivity contribution < 1.29 is 22.7 Å². The van der Waals surface area contributed by atoms with Gasteiger partial charge in [0.05, 0.1) is 21.2 Å². The van der Waals surface area contributed by atoms with Gasteiger partial charge in [-0.3, -0.25) is 4.31 Å². The van der Waals surface area contributed by atoms with Crippen LogP contribution in [-0.4, -0.2) is 26.0 Å². The summed E-state index contributed by atoms with van der Waals surface area (Å²) in [5, 5.41) is 9.05. The van der Waals surface area contributed by atoms with E-state index in [9.17, 15) is 17.6 Å².